The molecule has 3 rings (SSSR count). The third-order valence-corrected chi connectivity index (χ3v) is 5.15. The maximum Gasteiger partial charge on any atom is 0.335 e. The minimum absolute atomic E-state index is 0.144. The molecule has 0 saturated heterocycles. The van der Waals surface area contributed by atoms with Crippen molar-refractivity contribution in [2.75, 3.05) is 0 Å². The molecule has 0 aliphatic rings. The van der Waals surface area contributed by atoms with Gasteiger partial charge in [-0.3, -0.25) is 4.98 Å². The Morgan fingerprint density at radius 3 is 2.38 bits per heavy atom. The first-order valence-corrected chi connectivity index (χ1v) is 9.50. The van der Waals surface area contributed by atoms with Crippen molar-refractivity contribution in [2.24, 2.45) is 5.16 Å². The number of oxime groups is 1. The van der Waals surface area contributed by atoms with Crippen LogP contribution in [0.3, 0.4) is 0 Å². The molecular weight excluding hydrogens is 388 g/mol. The summed E-state index contributed by atoms with van der Waals surface area (Å²) in [6.07, 6.45) is 2.11. The van der Waals surface area contributed by atoms with Crippen molar-refractivity contribution in [1.29, 1.82) is 0 Å². The van der Waals surface area contributed by atoms with Gasteiger partial charge in [0.25, 0.3) is 0 Å². The predicted molar refractivity (Wildman–Crippen MR) is 113 cm³/mol. The van der Waals surface area contributed by atoms with Crippen LogP contribution in [0.15, 0.2) is 65.9 Å². The van der Waals surface area contributed by atoms with Crippen LogP contribution in [0.1, 0.15) is 50.6 Å². The minimum atomic E-state index is -0.972. The lowest BCUT2D eigenvalue weighted by molar-refractivity contribution is 0.0697. The van der Waals surface area contributed by atoms with Crippen molar-refractivity contribution in [3.05, 3.63) is 99.3 Å². The summed E-state index contributed by atoms with van der Waals surface area (Å²) < 4.78 is 0. The van der Waals surface area contributed by atoms with Crippen LogP contribution in [0.2, 0.25) is 5.02 Å². The standard InChI is InChI=1S/C23H21ClN2O3/c1-14-11-19(24)7-8-20(14)21(16-3-5-17(6-4-16)23(27)28)13-22(26-29)18-9-10-25-15(2)12-18/h3-12,21,29H,13H2,1-2H3,(H,27,28)/t21-/m0/s1. The molecule has 29 heavy (non-hydrogen) atoms. The molecule has 2 N–H and O–H groups in total. The number of aromatic nitrogens is 1. The van der Waals surface area contributed by atoms with Crippen LogP contribution < -0.4 is 0 Å². The van der Waals surface area contributed by atoms with Gasteiger partial charge in [0.05, 0.1) is 11.3 Å². The van der Waals surface area contributed by atoms with Gasteiger partial charge in [-0.2, -0.15) is 0 Å². The number of carboxylic acids is 1. The second-order valence-electron chi connectivity index (χ2n) is 6.92. The van der Waals surface area contributed by atoms with Crippen molar-refractivity contribution < 1.29 is 15.1 Å². The SMILES string of the molecule is Cc1cc(C(C[C@@H](c2ccc(C(=O)O)cc2)c2ccc(Cl)cc2C)=NO)ccn1. The highest BCUT2D eigenvalue weighted by atomic mass is 35.5. The van der Waals surface area contributed by atoms with E-state index in [4.69, 9.17) is 11.6 Å². The minimum Gasteiger partial charge on any atom is -0.478 e. The second kappa shape index (κ2) is 8.88. The van der Waals surface area contributed by atoms with Crippen molar-refractivity contribution >= 4 is 23.3 Å². The zero-order valence-corrected chi connectivity index (χ0v) is 16.9. The molecule has 0 spiro atoms. The van der Waals surface area contributed by atoms with E-state index >= 15 is 0 Å². The average Bonchev–Trinajstić information content (AvgIpc) is 2.70. The molecule has 0 aliphatic heterocycles. The van der Waals surface area contributed by atoms with Crippen LogP contribution in [0.4, 0.5) is 0 Å². The quantitative estimate of drug-likeness (QED) is 0.322. The largest absolute Gasteiger partial charge is 0.478 e. The summed E-state index contributed by atoms with van der Waals surface area (Å²) >= 11 is 6.13. The summed E-state index contributed by atoms with van der Waals surface area (Å²) in [6.45, 7) is 3.86. The van der Waals surface area contributed by atoms with Crippen LogP contribution in [0.25, 0.3) is 0 Å². The molecule has 3 aromatic rings. The van der Waals surface area contributed by atoms with E-state index < -0.39 is 5.97 Å². The van der Waals surface area contributed by atoms with E-state index in [9.17, 15) is 15.1 Å². The zero-order valence-electron chi connectivity index (χ0n) is 16.1. The molecule has 0 bridgehead atoms. The maximum absolute atomic E-state index is 11.2. The van der Waals surface area contributed by atoms with Crippen LogP contribution in [-0.2, 0) is 0 Å². The van der Waals surface area contributed by atoms with Gasteiger partial charge in [0, 0.05) is 34.8 Å². The number of rotatable bonds is 6. The first-order valence-electron chi connectivity index (χ1n) is 9.12. The lowest BCUT2D eigenvalue weighted by Crippen LogP contribution is -2.12. The predicted octanol–water partition coefficient (Wildman–Crippen LogP) is 5.45. The maximum atomic E-state index is 11.2. The van der Waals surface area contributed by atoms with Gasteiger partial charge in [0.2, 0.25) is 0 Å². The summed E-state index contributed by atoms with van der Waals surface area (Å²) in [5.41, 5.74) is 5.33. The third kappa shape index (κ3) is 4.81. The average molecular weight is 409 g/mol. The van der Waals surface area contributed by atoms with E-state index in [0.717, 1.165) is 27.9 Å². The van der Waals surface area contributed by atoms with Crippen molar-refractivity contribution in [3.63, 3.8) is 0 Å². The molecule has 1 heterocycles. The fourth-order valence-corrected chi connectivity index (χ4v) is 3.66. The first-order chi connectivity index (χ1) is 13.9. The molecule has 0 amide bonds. The smallest absolute Gasteiger partial charge is 0.335 e. The molecule has 0 fully saturated rings. The van der Waals surface area contributed by atoms with Crippen LogP contribution in [0, 0.1) is 13.8 Å². The summed E-state index contributed by atoms with van der Waals surface area (Å²) in [4.78, 5) is 15.4. The number of nitrogens with zero attached hydrogens (tertiary/aromatic N) is 2. The van der Waals surface area contributed by atoms with Gasteiger partial charge in [0.1, 0.15) is 0 Å². The lowest BCUT2D eigenvalue weighted by atomic mass is 9.83. The molecule has 1 aromatic heterocycles. The second-order valence-corrected chi connectivity index (χ2v) is 7.35. The summed E-state index contributed by atoms with van der Waals surface area (Å²) in [6, 6.07) is 16.1. The topological polar surface area (TPSA) is 82.8 Å². The van der Waals surface area contributed by atoms with Gasteiger partial charge < -0.3 is 10.3 Å². The Morgan fingerprint density at radius 2 is 1.79 bits per heavy atom. The molecule has 148 valence electrons. The number of pyridine rings is 1. The number of carbonyl (C=O) groups is 1. The first kappa shape index (κ1) is 20.6. The van der Waals surface area contributed by atoms with E-state index in [1.807, 2.05) is 38.1 Å². The number of aromatic carboxylic acids is 1. The van der Waals surface area contributed by atoms with Gasteiger partial charge in [-0.15, -0.1) is 0 Å². The van der Waals surface area contributed by atoms with E-state index in [1.165, 1.54) is 0 Å². The van der Waals surface area contributed by atoms with Crippen LogP contribution >= 0.6 is 11.6 Å². The molecule has 2 aromatic carbocycles. The van der Waals surface area contributed by atoms with Crippen LogP contribution in [0.5, 0.6) is 0 Å². The third-order valence-electron chi connectivity index (χ3n) is 4.92. The number of aryl methyl sites for hydroxylation is 2. The normalized spacial score (nSPS) is 12.6. The van der Waals surface area contributed by atoms with Gasteiger partial charge in [0.15, 0.2) is 0 Å². The number of hydrogen-bond acceptors (Lipinski definition) is 4. The summed E-state index contributed by atoms with van der Waals surface area (Å²) in [7, 11) is 0. The Labute approximate surface area is 174 Å². The molecule has 0 unspecified atom stereocenters. The molecule has 6 heteroatoms. The number of hydrogen-bond donors (Lipinski definition) is 2. The Morgan fingerprint density at radius 1 is 1.07 bits per heavy atom. The zero-order chi connectivity index (χ0) is 21.0. The van der Waals surface area contributed by atoms with E-state index in [0.29, 0.717) is 17.2 Å². The Balaban J connectivity index is 2.05. The summed E-state index contributed by atoms with van der Waals surface area (Å²) in [5.74, 6) is -1.12. The highest BCUT2D eigenvalue weighted by Gasteiger charge is 2.21. The highest BCUT2D eigenvalue weighted by Crippen LogP contribution is 2.33. The van der Waals surface area contributed by atoms with E-state index in [-0.39, 0.29) is 11.5 Å². The van der Waals surface area contributed by atoms with Gasteiger partial charge >= 0.3 is 5.97 Å². The van der Waals surface area contributed by atoms with Crippen molar-refractivity contribution in [2.45, 2.75) is 26.2 Å². The molecule has 0 aliphatic carbocycles. The van der Waals surface area contributed by atoms with Gasteiger partial charge in [-0.05, 0) is 66.9 Å². The molecule has 0 radical (unpaired) electrons. The highest BCUT2D eigenvalue weighted by molar-refractivity contribution is 6.30. The molecular formula is C23H21ClN2O3. The molecule has 0 saturated carbocycles. The Hall–Kier alpha value is -3.18. The number of carboxylic acid groups (broad SMARTS) is 1. The fourth-order valence-electron chi connectivity index (χ4n) is 3.43. The lowest BCUT2D eigenvalue weighted by Gasteiger charge is -2.21. The fraction of sp³-hybridized carbons (Fsp3) is 0.174. The van der Waals surface area contributed by atoms with E-state index in [2.05, 4.69) is 10.1 Å². The number of halogens is 1. The Kier molecular flexibility index (Phi) is 6.29. The van der Waals surface area contributed by atoms with Crippen molar-refractivity contribution in [3.8, 4) is 0 Å². The van der Waals surface area contributed by atoms with E-state index in [1.54, 1.807) is 36.5 Å². The molecule has 1 atom stereocenters. The van der Waals surface area contributed by atoms with Gasteiger partial charge in [-0.25, -0.2) is 4.79 Å². The summed E-state index contributed by atoms with van der Waals surface area (Å²) in [5, 5.41) is 23.1. The van der Waals surface area contributed by atoms with Crippen molar-refractivity contribution in [1.82, 2.24) is 4.98 Å². The van der Waals surface area contributed by atoms with Gasteiger partial charge in [-0.1, -0.05) is 35.0 Å². The Bertz CT molecular complexity index is 1060. The number of benzene rings is 2. The van der Waals surface area contributed by atoms with Crippen LogP contribution in [-0.4, -0.2) is 27.0 Å². The molecule has 5 nitrogen and oxygen atoms in total. The monoisotopic (exact) mass is 408 g/mol.